The van der Waals surface area contributed by atoms with Crippen molar-refractivity contribution in [3.05, 3.63) is 78.1 Å². The van der Waals surface area contributed by atoms with Crippen molar-refractivity contribution >= 4 is 35.6 Å². The van der Waals surface area contributed by atoms with Crippen LogP contribution in [0.2, 0.25) is 0 Å². The maximum absolute atomic E-state index is 5.38. The van der Waals surface area contributed by atoms with Crippen molar-refractivity contribution in [2.24, 2.45) is 10.9 Å². The van der Waals surface area contributed by atoms with Gasteiger partial charge in [0.05, 0.1) is 20.2 Å². The number of nitrogens with one attached hydrogen (secondary N) is 2. The first-order chi connectivity index (χ1) is 16.2. The SMILES string of the molecule is CCNC(=NCc1ccccc1Cn1cccn1)NCC1CCN(c2cccc(OC)c2)C1.I. The fraction of sp³-hybridized carbons (Fsp3) is 0.385. The van der Waals surface area contributed by atoms with Crippen LogP contribution in [0, 0.1) is 5.92 Å². The van der Waals surface area contributed by atoms with Crippen LogP contribution in [-0.4, -0.2) is 49.0 Å². The van der Waals surface area contributed by atoms with E-state index in [1.54, 1.807) is 7.11 Å². The molecule has 34 heavy (non-hydrogen) atoms. The van der Waals surface area contributed by atoms with Crippen LogP contribution >= 0.6 is 24.0 Å². The van der Waals surface area contributed by atoms with E-state index in [4.69, 9.17) is 9.73 Å². The summed E-state index contributed by atoms with van der Waals surface area (Å²) in [7, 11) is 1.72. The zero-order chi connectivity index (χ0) is 22.9. The van der Waals surface area contributed by atoms with Crippen molar-refractivity contribution in [2.75, 3.05) is 38.2 Å². The number of halogens is 1. The molecule has 2 aromatic carbocycles. The largest absolute Gasteiger partial charge is 0.497 e. The summed E-state index contributed by atoms with van der Waals surface area (Å²) in [5.74, 6) is 2.35. The Hall–Kier alpha value is -2.75. The molecule has 1 fully saturated rings. The van der Waals surface area contributed by atoms with Crippen LogP contribution in [0.15, 0.2) is 72.0 Å². The van der Waals surface area contributed by atoms with Gasteiger partial charge in [-0.15, -0.1) is 24.0 Å². The van der Waals surface area contributed by atoms with Gasteiger partial charge in [0.1, 0.15) is 5.75 Å². The third kappa shape index (κ3) is 7.12. The molecule has 1 aromatic heterocycles. The normalized spacial score (nSPS) is 15.6. The minimum Gasteiger partial charge on any atom is -0.497 e. The summed E-state index contributed by atoms with van der Waals surface area (Å²) >= 11 is 0. The molecule has 1 aliphatic heterocycles. The molecule has 0 saturated carbocycles. The Kier molecular flexibility index (Phi) is 10.1. The van der Waals surface area contributed by atoms with Gasteiger partial charge in [0, 0.05) is 50.3 Å². The Morgan fingerprint density at radius 2 is 1.97 bits per heavy atom. The van der Waals surface area contributed by atoms with Crippen molar-refractivity contribution < 1.29 is 4.74 Å². The fourth-order valence-corrected chi connectivity index (χ4v) is 4.22. The lowest BCUT2D eigenvalue weighted by molar-refractivity contribution is 0.415. The van der Waals surface area contributed by atoms with Crippen LogP contribution in [0.5, 0.6) is 5.75 Å². The third-order valence-electron chi connectivity index (χ3n) is 6.02. The molecule has 1 unspecified atom stereocenters. The highest BCUT2D eigenvalue weighted by molar-refractivity contribution is 14.0. The van der Waals surface area contributed by atoms with E-state index in [0.717, 1.165) is 50.9 Å². The first-order valence-electron chi connectivity index (χ1n) is 11.7. The van der Waals surface area contributed by atoms with E-state index in [1.807, 2.05) is 29.2 Å². The molecular weight excluding hydrogens is 539 g/mol. The van der Waals surface area contributed by atoms with Gasteiger partial charge >= 0.3 is 0 Å². The molecule has 0 aliphatic carbocycles. The van der Waals surface area contributed by atoms with Crippen LogP contribution < -0.4 is 20.3 Å². The lowest BCUT2D eigenvalue weighted by Gasteiger charge is -2.20. The Balaban J connectivity index is 0.00000324. The van der Waals surface area contributed by atoms with Crippen LogP contribution in [-0.2, 0) is 13.1 Å². The summed E-state index contributed by atoms with van der Waals surface area (Å²) in [4.78, 5) is 7.30. The topological polar surface area (TPSA) is 66.7 Å². The van der Waals surface area contributed by atoms with Crippen LogP contribution in [0.4, 0.5) is 5.69 Å². The second-order valence-electron chi connectivity index (χ2n) is 8.35. The highest BCUT2D eigenvalue weighted by atomic mass is 127. The van der Waals surface area contributed by atoms with Crippen LogP contribution in [0.3, 0.4) is 0 Å². The average molecular weight is 575 g/mol. The second kappa shape index (κ2) is 13.2. The monoisotopic (exact) mass is 574 g/mol. The van der Waals surface area contributed by atoms with Crippen molar-refractivity contribution in [1.29, 1.82) is 0 Å². The van der Waals surface area contributed by atoms with Crippen LogP contribution in [0.1, 0.15) is 24.5 Å². The predicted molar refractivity (Wildman–Crippen MR) is 149 cm³/mol. The molecule has 4 rings (SSSR count). The van der Waals surface area contributed by atoms with E-state index in [-0.39, 0.29) is 24.0 Å². The molecule has 2 N–H and O–H groups in total. The van der Waals surface area contributed by atoms with Gasteiger partial charge in [-0.1, -0.05) is 30.3 Å². The first kappa shape index (κ1) is 25.9. The Morgan fingerprint density at radius 3 is 2.74 bits per heavy atom. The number of aliphatic imine (C=N–C) groups is 1. The number of ether oxygens (including phenoxy) is 1. The number of methoxy groups -OCH3 is 1. The molecule has 3 aromatic rings. The van der Waals surface area contributed by atoms with Gasteiger partial charge in [-0.25, -0.2) is 4.99 Å². The van der Waals surface area contributed by atoms with Gasteiger partial charge in [-0.05, 0) is 48.6 Å². The predicted octanol–water partition coefficient (Wildman–Crippen LogP) is 4.14. The first-order valence-corrected chi connectivity index (χ1v) is 11.7. The molecule has 0 amide bonds. The van der Waals surface area contributed by atoms with E-state index >= 15 is 0 Å². The number of hydrogen-bond donors (Lipinski definition) is 2. The van der Waals surface area contributed by atoms with Crippen molar-refractivity contribution in [2.45, 2.75) is 26.4 Å². The van der Waals surface area contributed by atoms with Gasteiger partial charge in [0.15, 0.2) is 5.96 Å². The zero-order valence-corrected chi connectivity index (χ0v) is 22.3. The number of rotatable bonds is 9. The summed E-state index contributed by atoms with van der Waals surface area (Å²) < 4.78 is 7.32. The quantitative estimate of drug-likeness (QED) is 0.229. The van der Waals surface area contributed by atoms with E-state index in [1.165, 1.54) is 16.8 Å². The number of nitrogens with zero attached hydrogens (tertiary/aromatic N) is 4. The summed E-state index contributed by atoms with van der Waals surface area (Å²) in [6, 6.07) is 18.7. The summed E-state index contributed by atoms with van der Waals surface area (Å²) in [6.45, 7) is 7.32. The van der Waals surface area contributed by atoms with E-state index in [0.29, 0.717) is 12.5 Å². The molecule has 8 heteroatoms. The minimum absolute atomic E-state index is 0. The highest BCUT2D eigenvalue weighted by Crippen LogP contribution is 2.26. The highest BCUT2D eigenvalue weighted by Gasteiger charge is 2.23. The standard InChI is InChI=1S/C26H34N6O.HI/c1-3-27-26(29-18-22-8-4-5-9-23(22)20-32-14-7-13-30-32)28-17-21-12-15-31(19-21)24-10-6-11-25(16-24)33-2;/h4-11,13-14,16,21H,3,12,15,17-20H2,1-2H3,(H2,27,28,29);1H. The second-order valence-corrected chi connectivity index (χ2v) is 8.35. The molecular formula is C26H35IN6O. The van der Waals surface area contributed by atoms with Gasteiger partial charge < -0.3 is 20.3 Å². The molecule has 0 radical (unpaired) electrons. The minimum atomic E-state index is 0. The molecule has 2 heterocycles. The van der Waals surface area contributed by atoms with Gasteiger partial charge in [-0.2, -0.15) is 5.10 Å². The summed E-state index contributed by atoms with van der Waals surface area (Å²) in [5.41, 5.74) is 3.69. The van der Waals surface area contributed by atoms with Crippen molar-refractivity contribution in [3.8, 4) is 5.75 Å². The van der Waals surface area contributed by atoms with E-state index < -0.39 is 0 Å². The molecule has 182 valence electrons. The lowest BCUT2D eigenvalue weighted by atomic mass is 10.1. The van der Waals surface area contributed by atoms with E-state index in [2.05, 4.69) is 70.0 Å². The average Bonchev–Trinajstić information content (AvgIpc) is 3.54. The molecule has 1 saturated heterocycles. The van der Waals surface area contributed by atoms with E-state index in [9.17, 15) is 0 Å². The van der Waals surface area contributed by atoms with Crippen molar-refractivity contribution in [3.63, 3.8) is 0 Å². The van der Waals surface area contributed by atoms with Gasteiger partial charge in [0.25, 0.3) is 0 Å². The lowest BCUT2D eigenvalue weighted by Crippen LogP contribution is -2.40. The molecule has 1 aliphatic rings. The molecule has 0 bridgehead atoms. The number of guanidine groups is 1. The molecule has 1 atom stereocenters. The van der Waals surface area contributed by atoms with Crippen molar-refractivity contribution in [1.82, 2.24) is 20.4 Å². The van der Waals surface area contributed by atoms with Gasteiger partial charge in [-0.3, -0.25) is 4.68 Å². The number of anilines is 1. The third-order valence-corrected chi connectivity index (χ3v) is 6.02. The Labute approximate surface area is 219 Å². The fourth-order valence-electron chi connectivity index (χ4n) is 4.22. The van der Waals surface area contributed by atoms with Crippen LogP contribution in [0.25, 0.3) is 0 Å². The number of hydrogen-bond acceptors (Lipinski definition) is 4. The summed E-state index contributed by atoms with van der Waals surface area (Å²) in [5, 5.41) is 11.3. The molecule has 7 nitrogen and oxygen atoms in total. The Bertz CT molecular complexity index is 1040. The zero-order valence-electron chi connectivity index (χ0n) is 20.0. The maximum Gasteiger partial charge on any atom is 0.191 e. The number of benzene rings is 2. The van der Waals surface area contributed by atoms with Gasteiger partial charge in [0.2, 0.25) is 0 Å². The molecule has 0 spiro atoms. The number of aromatic nitrogens is 2. The maximum atomic E-state index is 5.38. The smallest absolute Gasteiger partial charge is 0.191 e. The summed E-state index contributed by atoms with van der Waals surface area (Å²) in [6.07, 6.45) is 4.96. The Morgan fingerprint density at radius 1 is 1.12 bits per heavy atom.